The summed E-state index contributed by atoms with van der Waals surface area (Å²) in [6.45, 7) is 9.76. The minimum absolute atomic E-state index is 0.0441. The van der Waals surface area contributed by atoms with Crippen LogP contribution in [0.15, 0.2) is 23.1 Å². The van der Waals surface area contributed by atoms with E-state index in [2.05, 4.69) is 0 Å². The van der Waals surface area contributed by atoms with E-state index >= 15 is 0 Å². The zero-order valence-corrected chi connectivity index (χ0v) is 17.5. The van der Waals surface area contributed by atoms with Crippen LogP contribution in [0.4, 0.5) is 0 Å². The molecule has 2 fully saturated rings. The summed E-state index contributed by atoms with van der Waals surface area (Å²) in [5.41, 5.74) is 1.81. The lowest BCUT2D eigenvalue weighted by atomic mass is 9.96. The molecule has 27 heavy (non-hydrogen) atoms. The smallest absolute Gasteiger partial charge is 0.243 e. The number of nitrogens with zero attached hydrogens (tertiary/aromatic N) is 2. The highest BCUT2D eigenvalue weighted by Gasteiger charge is 2.36. The van der Waals surface area contributed by atoms with Crippen molar-refractivity contribution in [3.63, 3.8) is 0 Å². The largest absolute Gasteiger partial charge is 0.372 e. The first kappa shape index (κ1) is 20.3. The highest BCUT2D eigenvalue weighted by atomic mass is 32.2. The fraction of sp³-hybridized carbons (Fsp3) is 0.650. The molecule has 0 aliphatic carbocycles. The number of hydrogen-bond acceptors (Lipinski definition) is 4. The van der Waals surface area contributed by atoms with E-state index in [4.69, 9.17) is 4.74 Å². The van der Waals surface area contributed by atoms with Gasteiger partial charge in [-0.1, -0.05) is 17.7 Å². The number of sulfonamides is 1. The van der Waals surface area contributed by atoms with Gasteiger partial charge in [-0.25, -0.2) is 8.42 Å². The van der Waals surface area contributed by atoms with E-state index in [1.54, 1.807) is 6.07 Å². The van der Waals surface area contributed by atoms with Crippen LogP contribution in [0.3, 0.4) is 0 Å². The Morgan fingerprint density at radius 1 is 1.07 bits per heavy atom. The lowest BCUT2D eigenvalue weighted by Gasteiger charge is -2.39. The Kier molecular flexibility index (Phi) is 5.93. The van der Waals surface area contributed by atoms with E-state index in [1.165, 1.54) is 4.31 Å². The van der Waals surface area contributed by atoms with Crippen molar-refractivity contribution in [3.05, 3.63) is 29.3 Å². The van der Waals surface area contributed by atoms with E-state index in [0.29, 0.717) is 43.9 Å². The van der Waals surface area contributed by atoms with Crippen molar-refractivity contribution in [1.29, 1.82) is 0 Å². The molecule has 2 aliphatic rings. The van der Waals surface area contributed by atoms with Gasteiger partial charge in [0.05, 0.1) is 17.1 Å². The Balaban J connectivity index is 1.65. The first-order valence-corrected chi connectivity index (χ1v) is 11.1. The van der Waals surface area contributed by atoms with E-state index < -0.39 is 10.0 Å². The molecule has 2 atom stereocenters. The molecule has 1 aromatic rings. The van der Waals surface area contributed by atoms with Crippen molar-refractivity contribution in [2.45, 2.75) is 57.6 Å². The van der Waals surface area contributed by atoms with Gasteiger partial charge >= 0.3 is 0 Å². The number of morpholine rings is 1. The highest BCUT2D eigenvalue weighted by molar-refractivity contribution is 7.89. The van der Waals surface area contributed by atoms with Gasteiger partial charge in [-0.15, -0.1) is 0 Å². The number of hydrogen-bond donors (Lipinski definition) is 0. The Bertz CT molecular complexity index is 790. The monoisotopic (exact) mass is 394 g/mol. The van der Waals surface area contributed by atoms with Gasteiger partial charge in [-0.2, -0.15) is 4.31 Å². The third-order valence-corrected chi connectivity index (χ3v) is 7.54. The SMILES string of the molecule is Cc1ccc(S(=O)(=O)N2CCC(C(=O)N3CC(C)OC(C)C3)CC2)c(C)c1. The van der Waals surface area contributed by atoms with Crippen molar-refractivity contribution in [3.8, 4) is 0 Å². The van der Waals surface area contributed by atoms with Gasteiger partial charge in [0.25, 0.3) is 0 Å². The van der Waals surface area contributed by atoms with Crippen LogP contribution in [0.5, 0.6) is 0 Å². The number of rotatable bonds is 3. The quantitative estimate of drug-likeness (QED) is 0.789. The lowest BCUT2D eigenvalue weighted by molar-refractivity contribution is -0.148. The van der Waals surface area contributed by atoms with Crippen LogP contribution in [-0.4, -0.2) is 61.9 Å². The second kappa shape index (κ2) is 7.89. The average molecular weight is 395 g/mol. The molecular weight excluding hydrogens is 364 g/mol. The zero-order valence-electron chi connectivity index (χ0n) is 16.6. The van der Waals surface area contributed by atoms with Crippen molar-refractivity contribution >= 4 is 15.9 Å². The fourth-order valence-corrected chi connectivity index (χ4v) is 5.86. The minimum Gasteiger partial charge on any atom is -0.372 e. The predicted octanol–water partition coefficient (Wildman–Crippen LogP) is 2.34. The topological polar surface area (TPSA) is 66.9 Å². The third kappa shape index (κ3) is 4.36. The first-order valence-electron chi connectivity index (χ1n) is 9.70. The molecule has 2 heterocycles. The molecule has 2 aliphatic heterocycles. The molecule has 0 radical (unpaired) electrons. The van der Waals surface area contributed by atoms with Crippen LogP contribution in [0.2, 0.25) is 0 Å². The Labute approximate surface area is 162 Å². The number of carbonyl (C=O) groups excluding carboxylic acids is 1. The normalized spacial score (nSPS) is 25.6. The number of piperidine rings is 1. The summed E-state index contributed by atoms with van der Waals surface area (Å²) in [7, 11) is -3.51. The molecule has 1 amide bonds. The third-order valence-electron chi connectivity index (χ3n) is 5.48. The van der Waals surface area contributed by atoms with Gasteiger partial charge in [0.1, 0.15) is 0 Å². The fourth-order valence-electron chi connectivity index (χ4n) is 4.19. The van der Waals surface area contributed by atoms with Crippen molar-refractivity contribution in [2.24, 2.45) is 5.92 Å². The first-order chi connectivity index (χ1) is 12.7. The van der Waals surface area contributed by atoms with Crippen LogP contribution in [0.25, 0.3) is 0 Å². The Morgan fingerprint density at radius 3 is 2.22 bits per heavy atom. The molecule has 0 aromatic heterocycles. The Hall–Kier alpha value is -1.44. The maximum absolute atomic E-state index is 13.0. The van der Waals surface area contributed by atoms with E-state index in [0.717, 1.165) is 11.1 Å². The summed E-state index contributed by atoms with van der Waals surface area (Å²) >= 11 is 0. The van der Waals surface area contributed by atoms with E-state index in [9.17, 15) is 13.2 Å². The summed E-state index contributed by atoms with van der Waals surface area (Å²) in [6, 6.07) is 5.41. The van der Waals surface area contributed by atoms with Gasteiger partial charge in [0, 0.05) is 32.1 Å². The molecule has 2 unspecified atom stereocenters. The van der Waals surface area contributed by atoms with Crippen LogP contribution in [-0.2, 0) is 19.6 Å². The summed E-state index contributed by atoms with van der Waals surface area (Å²) in [5.74, 6) is 0.0358. The van der Waals surface area contributed by atoms with Crippen LogP contribution in [0.1, 0.15) is 37.8 Å². The van der Waals surface area contributed by atoms with Gasteiger partial charge in [-0.05, 0) is 52.2 Å². The Morgan fingerprint density at radius 2 is 1.67 bits per heavy atom. The number of ether oxygens (including phenoxy) is 1. The molecule has 2 saturated heterocycles. The lowest BCUT2D eigenvalue weighted by Crippen LogP contribution is -2.51. The minimum atomic E-state index is -3.51. The van der Waals surface area contributed by atoms with E-state index in [-0.39, 0.29) is 24.0 Å². The van der Waals surface area contributed by atoms with Gasteiger partial charge < -0.3 is 9.64 Å². The molecule has 0 N–H and O–H groups in total. The van der Waals surface area contributed by atoms with Crippen LogP contribution in [0, 0.1) is 19.8 Å². The number of amides is 1. The average Bonchev–Trinajstić information content (AvgIpc) is 2.60. The summed E-state index contributed by atoms with van der Waals surface area (Å²) in [4.78, 5) is 15.1. The summed E-state index contributed by atoms with van der Waals surface area (Å²) in [5, 5.41) is 0. The molecule has 0 saturated carbocycles. The van der Waals surface area contributed by atoms with E-state index in [1.807, 2.05) is 44.7 Å². The number of carbonyl (C=O) groups is 1. The molecule has 1 aromatic carbocycles. The molecular formula is C20H30N2O4S. The van der Waals surface area contributed by atoms with Crippen molar-refractivity contribution in [2.75, 3.05) is 26.2 Å². The van der Waals surface area contributed by atoms with Gasteiger partial charge in [-0.3, -0.25) is 4.79 Å². The molecule has 150 valence electrons. The number of benzene rings is 1. The second-order valence-electron chi connectivity index (χ2n) is 7.95. The van der Waals surface area contributed by atoms with Crippen LogP contribution >= 0.6 is 0 Å². The zero-order chi connectivity index (χ0) is 19.8. The maximum Gasteiger partial charge on any atom is 0.243 e. The van der Waals surface area contributed by atoms with Gasteiger partial charge in [0.15, 0.2) is 0 Å². The molecule has 0 spiro atoms. The maximum atomic E-state index is 13.0. The standard InChI is InChI=1S/C20H30N2O4S/c1-14-5-6-19(15(2)11-14)27(24,25)22-9-7-18(8-10-22)20(23)21-12-16(3)26-17(4)13-21/h5-6,11,16-18H,7-10,12-13H2,1-4H3. The van der Waals surface area contributed by atoms with Crippen LogP contribution < -0.4 is 0 Å². The molecule has 7 heteroatoms. The van der Waals surface area contributed by atoms with Crippen molar-refractivity contribution < 1.29 is 17.9 Å². The second-order valence-corrected chi connectivity index (χ2v) is 9.85. The molecule has 0 bridgehead atoms. The molecule has 6 nitrogen and oxygen atoms in total. The molecule has 3 rings (SSSR count). The summed E-state index contributed by atoms with van der Waals surface area (Å²) in [6.07, 6.45) is 1.23. The number of aryl methyl sites for hydroxylation is 2. The van der Waals surface area contributed by atoms with Gasteiger partial charge in [0.2, 0.25) is 15.9 Å². The highest BCUT2D eigenvalue weighted by Crippen LogP contribution is 2.27. The van der Waals surface area contributed by atoms with Crippen molar-refractivity contribution in [1.82, 2.24) is 9.21 Å². The summed E-state index contributed by atoms with van der Waals surface area (Å²) < 4.78 is 33.2. The predicted molar refractivity (Wildman–Crippen MR) is 104 cm³/mol.